The third-order valence-corrected chi connectivity index (χ3v) is 7.18. The van der Waals surface area contributed by atoms with E-state index in [0.717, 1.165) is 49.4 Å². The van der Waals surface area contributed by atoms with E-state index in [1.165, 1.54) is 5.56 Å². The summed E-state index contributed by atoms with van der Waals surface area (Å²) in [6, 6.07) is 10.6. The topological polar surface area (TPSA) is 79.2 Å². The number of anilines is 2. The molecule has 1 aromatic carbocycles. The Bertz CT molecular complexity index is 1150. The second-order valence-electron chi connectivity index (χ2n) is 9.57. The summed E-state index contributed by atoms with van der Waals surface area (Å²) in [6.45, 7) is 7.36. The van der Waals surface area contributed by atoms with Gasteiger partial charge in [-0.05, 0) is 51.4 Å². The van der Waals surface area contributed by atoms with E-state index in [-0.39, 0.29) is 23.8 Å². The molecular weight excluding hydrogens is 426 g/mol. The zero-order chi connectivity index (χ0) is 23.7. The highest BCUT2D eigenvalue weighted by Crippen LogP contribution is 2.35. The lowest BCUT2D eigenvalue weighted by Crippen LogP contribution is -2.50. The Morgan fingerprint density at radius 3 is 2.79 bits per heavy atom. The molecule has 0 aliphatic carbocycles. The van der Waals surface area contributed by atoms with Gasteiger partial charge in [-0.25, -0.2) is 9.97 Å². The largest absolute Gasteiger partial charge is 0.333 e. The van der Waals surface area contributed by atoms with E-state index in [4.69, 9.17) is 4.98 Å². The molecule has 0 unspecified atom stereocenters. The second-order valence-corrected chi connectivity index (χ2v) is 9.57. The number of carbonyl (C=O) groups excluding carboxylic acids is 1. The second kappa shape index (κ2) is 9.54. The van der Waals surface area contributed by atoms with Crippen LogP contribution in [0.4, 0.5) is 11.6 Å². The van der Waals surface area contributed by atoms with Gasteiger partial charge in [0.1, 0.15) is 0 Å². The molecule has 0 bridgehead atoms. The van der Waals surface area contributed by atoms with Gasteiger partial charge in [0.05, 0.1) is 24.1 Å². The van der Waals surface area contributed by atoms with Gasteiger partial charge in [-0.2, -0.15) is 5.10 Å². The minimum Gasteiger partial charge on any atom is -0.333 e. The van der Waals surface area contributed by atoms with Crippen LogP contribution in [0.3, 0.4) is 0 Å². The number of hydrogen-bond donors (Lipinski definition) is 1. The molecule has 2 aromatic heterocycles. The molecule has 0 saturated carbocycles. The molecule has 1 fully saturated rings. The number of piperidine rings is 1. The first-order valence-corrected chi connectivity index (χ1v) is 12.2. The van der Waals surface area contributed by atoms with Crippen LogP contribution in [0.25, 0.3) is 0 Å². The lowest BCUT2D eigenvalue weighted by Gasteiger charge is -2.42. The normalized spacial score (nSPS) is 22.9. The van der Waals surface area contributed by atoms with Crippen LogP contribution in [0.5, 0.6) is 0 Å². The van der Waals surface area contributed by atoms with Crippen LogP contribution in [0.1, 0.15) is 43.0 Å². The van der Waals surface area contributed by atoms with Crippen LogP contribution in [0.15, 0.2) is 48.9 Å². The van der Waals surface area contributed by atoms with Gasteiger partial charge in [0.2, 0.25) is 11.9 Å². The lowest BCUT2D eigenvalue weighted by molar-refractivity contribution is -0.141. The molecule has 8 nitrogen and oxygen atoms in total. The summed E-state index contributed by atoms with van der Waals surface area (Å²) in [5.41, 5.74) is 4.15. The third kappa shape index (κ3) is 4.55. The summed E-state index contributed by atoms with van der Waals surface area (Å²) in [6.07, 6.45) is 7.26. The molecule has 0 spiro atoms. The smallest absolute Gasteiger partial charge is 0.227 e. The number of amides is 1. The van der Waals surface area contributed by atoms with E-state index in [0.29, 0.717) is 12.5 Å². The Hall–Kier alpha value is -3.26. The van der Waals surface area contributed by atoms with E-state index < -0.39 is 0 Å². The number of nitrogens with zero attached hydrogens (tertiary/aromatic N) is 6. The van der Waals surface area contributed by atoms with Crippen molar-refractivity contribution < 1.29 is 4.79 Å². The Balaban J connectivity index is 1.36. The highest BCUT2D eigenvalue weighted by atomic mass is 16.2. The minimum atomic E-state index is -0.0121. The summed E-state index contributed by atoms with van der Waals surface area (Å²) in [7, 11) is 2.14. The van der Waals surface area contributed by atoms with Crippen molar-refractivity contribution in [2.45, 2.75) is 51.7 Å². The van der Waals surface area contributed by atoms with Gasteiger partial charge >= 0.3 is 0 Å². The SMILES string of the molecule is CCn1cc(Nc2ncc3c(n2)CN(C(=O)[C@H]2CCN(C)C[C@@H]2c2ccccc2)[C@H](C)C3)cn1. The fraction of sp³-hybridized carbons (Fsp3) is 0.462. The predicted octanol–water partition coefficient (Wildman–Crippen LogP) is 3.45. The van der Waals surface area contributed by atoms with Crippen LogP contribution < -0.4 is 5.32 Å². The number of likely N-dealkylation sites (tertiary alicyclic amines) is 1. The standard InChI is InChI=1S/C26H33N7O/c1-4-32-15-21(14-28-32)29-26-27-13-20-12-18(2)33(17-24(20)30-26)25(34)22-10-11-31(3)16-23(22)19-8-6-5-7-9-19/h5-9,13-15,18,22-23H,4,10-12,16-17H2,1-3H3,(H,27,29,30)/t18-,22+,23-/m1/s1. The summed E-state index contributed by atoms with van der Waals surface area (Å²) in [4.78, 5) is 27.6. The molecular formula is C26H33N7O. The Kier molecular flexibility index (Phi) is 6.32. The number of hydrogen-bond acceptors (Lipinski definition) is 6. The Morgan fingerprint density at radius 1 is 1.21 bits per heavy atom. The zero-order valence-electron chi connectivity index (χ0n) is 20.2. The molecule has 2 aliphatic rings. The number of benzene rings is 1. The van der Waals surface area contributed by atoms with Gasteiger partial charge in [0, 0.05) is 43.4 Å². The van der Waals surface area contributed by atoms with Crippen LogP contribution in [0.2, 0.25) is 0 Å². The highest BCUT2D eigenvalue weighted by Gasteiger charge is 2.39. The predicted molar refractivity (Wildman–Crippen MR) is 132 cm³/mol. The lowest BCUT2D eigenvalue weighted by atomic mass is 9.79. The maximum atomic E-state index is 13.9. The van der Waals surface area contributed by atoms with Gasteiger partial charge < -0.3 is 15.1 Å². The molecule has 3 atom stereocenters. The van der Waals surface area contributed by atoms with E-state index in [9.17, 15) is 4.79 Å². The van der Waals surface area contributed by atoms with Gasteiger partial charge in [0.15, 0.2) is 0 Å². The number of likely N-dealkylation sites (N-methyl/N-ethyl adjacent to an activating group) is 1. The Labute approximate surface area is 201 Å². The molecule has 2 aliphatic heterocycles. The zero-order valence-corrected chi connectivity index (χ0v) is 20.2. The number of nitrogens with one attached hydrogen (secondary N) is 1. The molecule has 1 N–H and O–H groups in total. The molecule has 1 amide bonds. The van der Waals surface area contributed by atoms with Crippen molar-refractivity contribution >= 4 is 17.5 Å². The fourth-order valence-electron chi connectivity index (χ4n) is 5.24. The van der Waals surface area contributed by atoms with Crippen molar-refractivity contribution in [1.82, 2.24) is 29.5 Å². The van der Waals surface area contributed by atoms with Crippen molar-refractivity contribution in [3.63, 3.8) is 0 Å². The maximum Gasteiger partial charge on any atom is 0.227 e. The van der Waals surface area contributed by atoms with Gasteiger partial charge in [0.25, 0.3) is 0 Å². The number of carbonyl (C=O) groups is 1. The monoisotopic (exact) mass is 459 g/mol. The van der Waals surface area contributed by atoms with Crippen molar-refractivity contribution in [1.29, 1.82) is 0 Å². The quantitative estimate of drug-likeness (QED) is 0.630. The highest BCUT2D eigenvalue weighted by molar-refractivity contribution is 5.81. The number of aryl methyl sites for hydroxylation is 1. The van der Waals surface area contributed by atoms with Gasteiger partial charge in [-0.15, -0.1) is 0 Å². The average Bonchev–Trinajstić information content (AvgIpc) is 3.31. The van der Waals surface area contributed by atoms with E-state index in [1.54, 1.807) is 6.20 Å². The van der Waals surface area contributed by atoms with Crippen molar-refractivity contribution in [3.8, 4) is 0 Å². The van der Waals surface area contributed by atoms with Gasteiger partial charge in [-0.3, -0.25) is 9.48 Å². The van der Waals surface area contributed by atoms with Crippen LogP contribution >= 0.6 is 0 Å². The van der Waals surface area contributed by atoms with Crippen LogP contribution in [-0.4, -0.2) is 61.6 Å². The van der Waals surface area contributed by atoms with E-state index in [1.807, 2.05) is 35.0 Å². The molecule has 34 heavy (non-hydrogen) atoms. The summed E-state index contributed by atoms with van der Waals surface area (Å²) in [5.74, 6) is 0.982. The fourth-order valence-corrected chi connectivity index (χ4v) is 5.24. The summed E-state index contributed by atoms with van der Waals surface area (Å²) >= 11 is 0. The summed E-state index contributed by atoms with van der Waals surface area (Å²) in [5, 5.41) is 7.54. The number of fused-ring (bicyclic) bond motifs is 1. The number of rotatable bonds is 5. The maximum absolute atomic E-state index is 13.9. The van der Waals surface area contributed by atoms with Crippen molar-refractivity contribution in [3.05, 3.63) is 65.7 Å². The first kappa shape index (κ1) is 22.5. The first-order chi connectivity index (χ1) is 16.5. The third-order valence-electron chi connectivity index (χ3n) is 7.18. The molecule has 178 valence electrons. The molecule has 8 heteroatoms. The molecule has 3 aromatic rings. The van der Waals surface area contributed by atoms with Crippen LogP contribution in [0, 0.1) is 5.92 Å². The molecule has 5 rings (SSSR count). The Morgan fingerprint density at radius 2 is 2.03 bits per heavy atom. The first-order valence-electron chi connectivity index (χ1n) is 12.2. The van der Waals surface area contributed by atoms with Gasteiger partial charge in [-0.1, -0.05) is 30.3 Å². The van der Waals surface area contributed by atoms with E-state index in [2.05, 4.69) is 58.5 Å². The molecule has 4 heterocycles. The molecule has 1 saturated heterocycles. The number of aromatic nitrogens is 4. The average molecular weight is 460 g/mol. The van der Waals surface area contributed by atoms with Crippen molar-refractivity contribution in [2.75, 3.05) is 25.5 Å². The minimum absolute atomic E-state index is 0.0121. The van der Waals surface area contributed by atoms with Crippen molar-refractivity contribution in [2.24, 2.45) is 5.92 Å². The summed E-state index contributed by atoms with van der Waals surface area (Å²) < 4.78 is 1.85. The molecule has 0 radical (unpaired) electrons. The van der Waals surface area contributed by atoms with Crippen LogP contribution in [-0.2, 0) is 24.3 Å². The van der Waals surface area contributed by atoms with E-state index >= 15 is 0 Å².